The third kappa shape index (κ3) is 2.49. The third-order valence-electron chi connectivity index (χ3n) is 6.89. The summed E-state index contributed by atoms with van der Waals surface area (Å²) in [5, 5.41) is 0. The molecule has 0 unspecified atom stereocenters. The van der Waals surface area contributed by atoms with E-state index in [0.717, 1.165) is 37.5 Å². The first-order valence-electron chi connectivity index (χ1n) is 8.83. The van der Waals surface area contributed by atoms with E-state index < -0.39 is 0 Å². The summed E-state index contributed by atoms with van der Waals surface area (Å²) in [7, 11) is 0. The summed E-state index contributed by atoms with van der Waals surface area (Å²) in [4.78, 5) is 24.2. The van der Waals surface area contributed by atoms with Gasteiger partial charge in [0.15, 0.2) is 0 Å². The molecule has 0 N–H and O–H groups in total. The van der Waals surface area contributed by atoms with Crippen molar-refractivity contribution in [3.8, 4) is 0 Å². The highest BCUT2D eigenvalue weighted by molar-refractivity contribution is 5.80. The Bertz CT molecular complexity index is 571. The SMILES string of the molecule is C=CC1=C(C=O)[C@@H]2OC(=O)C[C@H]3C(C)(C)CCC[C@]3(C)[C@H]2CC1. The van der Waals surface area contributed by atoms with E-state index in [1.54, 1.807) is 6.08 Å². The zero-order valence-corrected chi connectivity index (χ0v) is 14.6. The summed E-state index contributed by atoms with van der Waals surface area (Å²) in [6.45, 7) is 10.7. The second-order valence-electron chi connectivity index (χ2n) is 8.46. The second kappa shape index (κ2) is 5.61. The predicted octanol–water partition coefficient (Wildman–Crippen LogP) is 4.23. The quantitative estimate of drug-likeness (QED) is 0.566. The van der Waals surface area contributed by atoms with Gasteiger partial charge in [0, 0.05) is 17.9 Å². The zero-order chi connectivity index (χ0) is 16.8. The van der Waals surface area contributed by atoms with Crippen molar-refractivity contribution >= 4 is 12.3 Å². The van der Waals surface area contributed by atoms with Crippen molar-refractivity contribution in [1.29, 1.82) is 0 Å². The average molecular weight is 316 g/mol. The number of fused-ring (bicyclic) bond motifs is 3. The summed E-state index contributed by atoms with van der Waals surface area (Å²) in [5.74, 6) is 0.417. The fourth-order valence-corrected chi connectivity index (χ4v) is 5.67. The lowest BCUT2D eigenvalue weighted by Crippen LogP contribution is -2.49. The summed E-state index contributed by atoms with van der Waals surface area (Å²) in [6, 6.07) is 0. The van der Waals surface area contributed by atoms with Crippen molar-refractivity contribution in [2.75, 3.05) is 0 Å². The van der Waals surface area contributed by atoms with Gasteiger partial charge in [-0.25, -0.2) is 0 Å². The number of carbonyl (C=O) groups is 2. The van der Waals surface area contributed by atoms with Gasteiger partial charge in [0.1, 0.15) is 12.4 Å². The minimum atomic E-state index is -0.384. The van der Waals surface area contributed by atoms with Gasteiger partial charge in [-0.05, 0) is 48.0 Å². The van der Waals surface area contributed by atoms with E-state index in [0.29, 0.717) is 17.9 Å². The number of rotatable bonds is 2. The van der Waals surface area contributed by atoms with E-state index in [1.807, 2.05) is 0 Å². The number of allylic oxidation sites excluding steroid dienone is 2. The lowest BCUT2D eigenvalue weighted by molar-refractivity contribution is -0.149. The van der Waals surface area contributed by atoms with Gasteiger partial charge in [0.2, 0.25) is 0 Å². The van der Waals surface area contributed by atoms with Gasteiger partial charge in [0.25, 0.3) is 0 Å². The van der Waals surface area contributed by atoms with Gasteiger partial charge in [-0.2, -0.15) is 0 Å². The number of hydrogen-bond acceptors (Lipinski definition) is 3. The number of esters is 1. The third-order valence-corrected chi connectivity index (χ3v) is 6.89. The average Bonchev–Trinajstić information content (AvgIpc) is 2.61. The Balaban J connectivity index is 2.10. The van der Waals surface area contributed by atoms with Crippen LogP contribution in [0.25, 0.3) is 0 Å². The molecule has 1 saturated heterocycles. The lowest BCUT2D eigenvalue weighted by Gasteiger charge is -2.54. The normalized spacial score (nSPS) is 39.6. The number of hydrogen-bond donors (Lipinski definition) is 0. The molecule has 4 atom stereocenters. The van der Waals surface area contributed by atoms with E-state index in [9.17, 15) is 9.59 Å². The molecule has 23 heavy (non-hydrogen) atoms. The molecule has 0 radical (unpaired) electrons. The van der Waals surface area contributed by atoms with Crippen molar-refractivity contribution in [3.05, 3.63) is 23.8 Å². The number of carbonyl (C=O) groups excluding carboxylic acids is 2. The smallest absolute Gasteiger partial charge is 0.306 e. The van der Waals surface area contributed by atoms with Crippen LogP contribution in [0.15, 0.2) is 23.8 Å². The zero-order valence-electron chi connectivity index (χ0n) is 14.6. The van der Waals surface area contributed by atoms with Crippen LogP contribution in [-0.4, -0.2) is 18.4 Å². The van der Waals surface area contributed by atoms with Gasteiger partial charge in [0.05, 0.1) is 0 Å². The highest BCUT2D eigenvalue weighted by Gasteiger charge is 2.56. The predicted molar refractivity (Wildman–Crippen MR) is 89.7 cm³/mol. The highest BCUT2D eigenvalue weighted by atomic mass is 16.5. The Morgan fingerprint density at radius 1 is 1.26 bits per heavy atom. The van der Waals surface area contributed by atoms with Crippen LogP contribution in [0.5, 0.6) is 0 Å². The Labute approximate surface area is 139 Å². The van der Waals surface area contributed by atoms with Gasteiger partial charge < -0.3 is 4.74 Å². The van der Waals surface area contributed by atoms with Crippen molar-refractivity contribution in [2.45, 2.75) is 65.4 Å². The maximum absolute atomic E-state index is 12.5. The van der Waals surface area contributed by atoms with E-state index >= 15 is 0 Å². The molecule has 0 aromatic carbocycles. The van der Waals surface area contributed by atoms with E-state index in [1.165, 1.54) is 6.42 Å². The van der Waals surface area contributed by atoms with E-state index in [4.69, 9.17) is 4.74 Å². The van der Waals surface area contributed by atoms with E-state index in [2.05, 4.69) is 27.4 Å². The molecular weight excluding hydrogens is 288 g/mol. The van der Waals surface area contributed by atoms with Crippen molar-refractivity contribution < 1.29 is 14.3 Å². The molecule has 0 aromatic rings. The first kappa shape index (κ1) is 16.5. The maximum Gasteiger partial charge on any atom is 0.306 e. The van der Waals surface area contributed by atoms with Gasteiger partial charge >= 0.3 is 5.97 Å². The molecule has 1 saturated carbocycles. The Morgan fingerprint density at radius 3 is 2.65 bits per heavy atom. The number of aldehydes is 1. The molecular formula is C20H28O3. The fraction of sp³-hybridized carbons (Fsp3) is 0.700. The molecule has 2 fully saturated rings. The van der Waals surface area contributed by atoms with Crippen molar-refractivity contribution in [3.63, 3.8) is 0 Å². The topological polar surface area (TPSA) is 43.4 Å². The molecule has 1 heterocycles. The van der Waals surface area contributed by atoms with Crippen LogP contribution in [0.1, 0.15) is 59.3 Å². The summed E-state index contributed by atoms with van der Waals surface area (Å²) >= 11 is 0. The Hall–Kier alpha value is -1.38. The monoisotopic (exact) mass is 316 g/mol. The van der Waals surface area contributed by atoms with Gasteiger partial charge in [-0.3, -0.25) is 9.59 Å². The summed E-state index contributed by atoms with van der Waals surface area (Å²) in [5.41, 5.74) is 1.80. The van der Waals surface area contributed by atoms with Crippen LogP contribution >= 0.6 is 0 Å². The number of ether oxygens (including phenoxy) is 1. The molecule has 1 aliphatic heterocycles. The van der Waals surface area contributed by atoms with Crippen LogP contribution in [-0.2, 0) is 14.3 Å². The first-order valence-corrected chi connectivity index (χ1v) is 8.83. The molecule has 2 aliphatic carbocycles. The van der Waals surface area contributed by atoms with Crippen LogP contribution < -0.4 is 0 Å². The molecule has 3 aliphatic rings. The fourth-order valence-electron chi connectivity index (χ4n) is 5.67. The standard InChI is InChI=1S/C20H28O3/c1-5-13-7-8-15-18(14(13)12-21)23-17(22)11-16-19(2,3)9-6-10-20(15,16)4/h5,12,15-16,18H,1,6-11H2,2-4H3/t15-,16-,18-,20+/m0/s1. The molecule has 3 rings (SSSR count). The highest BCUT2D eigenvalue weighted by Crippen LogP contribution is 2.60. The van der Waals surface area contributed by atoms with Crippen LogP contribution in [0.4, 0.5) is 0 Å². The molecule has 0 aromatic heterocycles. The molecule has 0 amide bonds. The molecule has 0 spiro atoms. The maximum atomic E-state index is 12.5. The van der Waals surface area contributed by atoms with Gasteiger partial charge in [-0.15, -0.1) is 0 Å². The molecule has 3 nitrogen and oxygen atoms in total. The van der Waals surface area contributed by atoms with Crippen LogP contribution in [0.3, 0.4) is 0 Å². The molecule has 0 bridgehead atoms. The Morgan fingerprint density at radius 2 is 2.00 bits per heavy atom. The van der Waals surface area contributed by atoms with E-state index in [-0.39, 0.29) is 28.8 Å². The van der Waals surface area contributed by atoms with Gasteiger partial charge in [-0.1, -0.05) is 39.8 Å². The van der Waals surface area contributed by atoms with Crippen molar-refractivity contribution in [2.24, 2.45) is 22.7 Å². The summed E-state index contributed by atoms with van der Waals surface area (Å²) in [6.07, 6.45) is 8.03. The summed E-state index contributed by atoms with van der Waals surface area (Å²) < 4.78 is 5.83. The molecule has 126 valence electrons. The largest absolute Gasteiger partial charge is 0.457 e. The first-order chi connectivity index (χ1) is 10.8. The van der Waals surface area contributed by atoms with Crippen molar-refractivity contribution in [1.82, 2.24) is 0 Å². The Kier molecular flexibility index (Phi) is 4.02. The lowest BCUT2D eigenvalue weighted by atomic mass is 9.49. The second-order valence-corrected chi connectivity index (χ2v) is 8.46. The van der Waals surface area contributed by atoms with Crippen LogP contribution in [0, 0.1) is 22.7 Å². The van der Waals surface area contributed by atoms with Crippen LogP contribution in [0.2, 0.25) is 0 Å². The minimum absolute atomic E-state index is 0.0551. The molecule has 3 heteroatoms. The minimum Gasteiger partial charge on any atom is -0.457 e.